The van der Waals surface area contributed by atoms with Gasteiger partial charge in [-0.2, -0.15) is 0 Å². The van der Waals surface area contributed by atoms with Gasteiger partial charge >= 0.3 is 0 Å². The van der Waals surface area contributed by atoms with Crippen molar-refractivity contribution < 1.29 is 14.2 Å². The number of anilines is 2. The minimum absolute atomic E-state index is 0.174. The first kappa shape index (κ1) is 16.0. The summed E-state index contributed by atoms with van der Waals surface area (Å²) >= 11 is 0. The fourth-order valence-electron chi connectivity index (χ4n) is 3.24. The molecule has 7 nitrogen and oxygen atoms in total. The lowest BCUT2D eigenvalue weighted by Crippen LogP contribution is -2.29. The highest BCUT2D eigenvalue weighted by molar-refractivity contribution is 5.71. The van der Waals surface area contributed by atoms with Crippen LogP contribution in [0.3, 0.4) is 0 Å². The number of hydrogen-bond acceptors (Lipinski definition) is 7. The van der Waals surface area contributed by atoms with Crippen LogP contribution in [0.2, 0.25) is 0 Å². The molecule has 7 heteroatoms. The topological polar surface area (TPSA) is 68.7 Å². The van der Waals surface area contributed by atoms with Crippen molar-refractivity contribution in [2.24, 2.45) is 0 Å². The minimum atomic E-state index is 0.174. The average Bonchev–Trinajstić information content (AvgIpc) is 3.14. The fourth-order valence-corrected chi connectivity index (χ4v) is 3.24. The molecule has 4 heterocycles. The van der Waals surface area contributed by atoms with Gasteiger partial charge < -0.3 is 24.4 Å². The summed E-state index contributed by atoms with van der Waals surface area (Å²) in [6.45, 7) is 5.19. The largest absolute Gasteiger partial charge is 0.488 e. The molecule has 1 N–H and O–H groups in total. The molecule has 0 saturated carbocycles. The van der Waals surface area contributed by atoms with Crippen LogP contribution in [0.4, 0.5) is 11.4 Å². The summed E-state index contributed by atoms with van der Waals surface area (Å²) in [4.78, 5) is 11.0. The molecule has 2 aromatic rings. The van der Waals surface area contributed by atoms with E-state index in [9.17, 15) is 0 Å². The number of pyridine rings is 2. The van der Waals surface area contributed by atoms with Crippen LogP contribution in [-0.2, 0) is 0 Å². The van der Waals surface area contributed by atoms with E-state index in [2.05, 4.69) is 26.3 Å². The van der Waals surface area contributed by atoms with E-state index < -0.39 is 0 Å². The van der Waals surface area contributed by atoms with Crippen molar-refractivity contribution in [2.75, 3.05) is 38.3 Å². The van der Waals surface area contributed by atoms with Gasteiger partial charge in [0.25, 0.3) is 0 Å². The molecule has 0 radical (unpaired) electrons. The predicted molar refractivity (Wildman–Crippen MR) is 94.2 cm³/mol. The standard InChI is InChI=1S/C18H22N4O3/c1-12-7-13(9-21-18(12)23-2)22-5-6-24-16-11-20-17(8-15(16)22)25-14-3-4-19-10-14/h7-9,11,14,19H,3-6,10H2,1-2H3. The minimum Gasteiger partial charge on any atom is -0.488 e. The van der Waals surface area contributed by atoms with Gasteiger partial charge in [-0.25, -0.2) is 9.97 Å². The van der Waals surface area contributed by atoms with Crippen molar-refractivity contribution >= 4 is 11.4 Å². The summed E-state index contributed by atoms with van der Waals surface area (Å²) in [6, 6.07) is 4.02. The van der Waals surface area contributed by atoms with Crippen molar-refractivity contribution in [3.05, 3.63) is 30.1 Å². The molecule has 2 aromatic heterocycles. The number of fused-ring (bicyclic) bond motifs is 1. The Morgan fingerprint density at radius 1 is 1.28 bits per heavy atom. The van der Waals surface area contributed by atoms with Crippen LogP contribution in [0.25, 0.3) is 0 Å². The summed E-state index contributed by atoms with van der Waals surface area (Å²) in [5, 5.41) is 3.30. The van der Waals surface area contributed by atoms with Crippen molar-refractivity contribution in [1.82, 2.24) is 15.3 Å². The highest BCUT2D eigenvalue weighted by Gasteiger charge is 2.23. The average molecular weight is 342 g/mol. The number of rotatable bonds is 4. The lowest BCUT2D eigenvalue weighted by molar-refractivity contribution is 0.213. The third-order valence-electron chi connectivity index (χ3n) is 4.51. The summed E-state index contributed by atoms with van der Waals surface area (Å²) in [5.41, 5.74) is 2.95. The first-order valence-corrected chi connectivity index (χ1v) is 8.53. The van der Waals surface area contributed by atoms with Gasteiger partial charge in [0.15, 0.2) is 5.75 Å². The molecule has 1 unspecified atom stereocenters. The zero-order valence-corrected chi connectivity index (χ0v) is 14.5. The monoisotopic (exact) mass is 342 g/mol. The second-order valence-electron chi connectivity index (χ2n) is 6.24. The maximum atomic E-state index is 5.99. The molecular formula is C18H22N4O3. The molecule has 2 aliphatic heterocycles. The normalized spacial score (nSPS) is 19.3. The molecule has 1 atom stereocenters. The molecule has 0 bridgehead atoms. The van der Waals surface area contributed by atoms with E-state index in [0.29, 0.717) is 18.4 Å². The van der Waals surface area contributed by atoms with E-state index in [0.717, 1.165) is 48.7 Å². The molecule has 0 aromatic carbocycles. The number of ether oxygens (including phenoxy) is 3. The van der Waals surface area contributed by atoms with Crippen LogP contribution in [0.15, 0.2) is 24.5 Å². The molecule has 25 heavy (non-hydrogen) atoms. The van der Waals surface area contributed by atoms with E-state index in [1.807, 2.05) is 19.2 Å². The van der Waals surface area contributed by atoms with Gasteiger partial charge in [-0.3, -0.25) is 0 Å². The van der Waals surface area contributed by atoms with Gasteiger partial charge in [0, 0.05) is 18.2 Å². The quantitative estimate of drug-likeness (QED) is 0.912. The second-order valence-corrected chi connectivity index (χ2v) is 6.24. The molecule has 0 spiro atoms. The Bertz CT molecular complexity index is 762. The smallest absolute Gasteiger partial charge is 0.216 e. The van der Waals surface area contributed by atoms with E-state index >= 15 is 0 Å². The van der Waals surface area contributed by atoms with Gasteiger partial charge in [-0.15, -0.1) is 0 Å². The van der Waals surface area contributed by atoms with Gasteiger partial charge in [0.2, 0.25) is 11.8 Å². The lowest BCUT2D eigenvalue weighted by atomic mass is 10.2. The number of nitrogens with zero attached hydrogens (tertiary/aromatic N) is 3. The van der Waals surface area contributed by atoms with E-state index in [1.54, 1.807) is 13.3 Å². The number of nitrogens with one attached hydrogen (secondary N) is 1. The number of hydrogen-bond donors (Lipinski definition) is 1. The fraction of sp³-hybridized carbons (Fsp3) is 0.444. The van der Waals surface area contributed by atoms with Gasteiger partial charge in [-0.1, -0.05) is 0 Å². The Hall–Kier alpha value is -2.54. The number of methoxy groups -OCH3 is 1. The molecule has 0 aliphatic carbocycles. The van der Waals surface area contributed by atoms with Gasteiger partial charge in [0.1, 0.15) is 12.7 Å². The zero-order valence-electron chi connectivity index (χ0n) is 14.5. The summed E-state index contributed by atoms with van der Waals surface area (Å²) in [6.07, 6.45) is 4.74. The van der Waals surface area contributed by atoms with E-state index in [-0.39, 0.29) is 6.10 Å². The Labute approximate surface area is 146 Å². The number of aryl methyl sites for hydroxylation is 1. The third kappa shape index (κ3) is 3.19. The predicted octanol–water partition coefficient (Wildman–Crippen LogP) is 2.06. The Morgan fingerprint density at radius 2 is 2.20 bits per heavy atom. The maximum absolute atomic E-state index is 5.99. The molecule has 4 rings (SSSR count). The van der Waals surface area contributed by atoms with Crippen molar-refractivity contribution in [3.8, 4) is 17.5 Å². The molecule has 0 amide bonds. The SMILES string of the molecule is COc1ncc(N2CCOc3cnc(OC4CCNC4)cc32)cc1C. The second kappa shape index (κ2) is 6.76. The van der Waals surface area contributed by atoms with Gasteiger partial charge in [0.05, 0.1) is 37.4 Å². The Morgan fingerprint density at radius 3 is 2.96 bits per heavy atom. The Kier molecular flexibility index (Phi) is 4.31. The summed E-state index contributed by atoms with van der Waals surface area (Å²) < 4.78 is 17.0. The molecular weight excluding hydrogens is 320 g/mol. The first-order valence-electron chi connectivity index (χ1n) is 8.53. The number of aromatic nitrogens is 2. The van der Waals surface area contributed by atoms with Crippen molar-refractivity contribution in [2.45, 2.75) is 19.4 Å². The maximum Gasteiger partial charge on any atom is 0.216 e. The van der Waals surface area contributed by atoms with Crippen LogP contribution in [0.1, 0.15) is 12.0 Å². The van der Waals surface area contributed by atoms with Crippen LogP contribution in [0.5, 0.6) is 17.5 Å². The van der Waals surface area contributed by atoms with Crippen LogP contribution in [0, 0.1) is 6.92 Å². The Balaban J connectivity index is 1.64. The van der Waals surface area contributed by atoms with Crippen LogP contribution in [-0.4, -0.2) is 49.4 Å². The zero-order chi connectivity index (χ0) is 17.2. The van der Waals surface area contributed by atoms with Crippen molar-refractivity contribution in [3.63, 3.8) is 0 Å². The van der Waals surface area contributed by atoms with E-state index in [1.165, 1.54) is 0 Å². The first-order chi connectivity index (χ1) is 12.2. The molecule has 132 valence electrons. The third-order valence-corrected chi connectivity index (χ3v) is 4.51. The highest BCUT2D eigenvalue weighted by atomic mass is 16.5. The van der Waals surface area contributed by atoms with Gasteiger partial charge in [-0.05, 0) is 26.0 Å². The molecule has 1 saturated heterocycles. The lowest BCUT2D eigenvalue weighted by Gasteiger charge is -2.31. The summed E-state index contributed by atoms with van der Waals surface area (Å²) in [7, 11) is 1.63. The summed E-state index contributed by atoms with van der Waals surface area (Å²) in [5.74, 6) is 2.03. The molecule has 1 fully saturated rings. The molecule has 2 aliphatic rings. The van der Waals surface area contributed by atoms with E-state index in [4.69, 9.17) is 14.2 Å². The van der Waals surface area contributed by atoms with Crippen molar-refractivity contribution in [1.29, 1.82) is 0 Å². The van der Waals surface area contributed by atoms with Crippen LogP contribution < -0.4 is 24.4 Å². The van der Waals surface area contributed by atoms with Crippen LogP contribution >= 0.6 is 0 Å². The highest BCUT2D eigenvalue weighted by Crippen LogP contribution is 2.38.